The number of carbonyl (C=O) groups excluding carboxylic acids is 1. The molecular formula is C14H24N4O3. The first-order chi connectivity index (χ1) is 9.90. The third kappa shape index (κ3) is 6.29. The largest absolute Gasteiger partial charge is 0.480 e. The molecule has 0 saturated heterocycles. The summed E-state index contributed by atoms with van der Waals surface area (Å²) in [7, 11) is 0. The van der Waals surface area contributed by atoms with Crippen LogP contribution in [0.3, 0.4) is 0 Å². The van der Waals surface area contributed by atoms with Crippen molar-refractivity contribution in [3.8, 4) is 0 Å². The Morgan fingerprint density at radius 2 is 2.14 bits per heavy atom. The van der Waals surface area contributed by atoms with Crippen LogP contribution in [0.15, 0.2) is 6.20 Å². The van der Waals surface area contributed by atoms with E-state index in [0.717, 1.165) is 24.1 Å². The Balaban J connectivity index is 2.26. The number of nitrogens with zero attached hydrogens (tertiary/aromatic N) is 1. The highest BCUT2D eigenvalue weighted by atomic mass is 16.4. The van der Waals surface area contributed by atoms with Crippen molar-refractivity contribution in [1.82, 2.24) is 20.8 Å². The highest BCUT2D eigenvalue weighted by Crippen LogP contribution is 2.06. The zero-order chi connectivity index (χ0) is 15.8. The van der Waals surface area contributed by atoms with Gasteiger partial charge in [-0.3, -0.25) is 5.10 Å². The Labute approximate surface area is 124 Å². The van der Waals surface area contributed by atoms with Gasteiger partial charge < -0.3 is 15.7 Å². The van der Waals surface area contributed by atoms with Crippen LogP contribution < -0.4 is 10.6 Å². The van der Waals surface area contributed by atoms with Crippen LogP contribution in [-0.2, 0) is 11.2 Å². The van der Waals surface area contributed by atoms with Crippen LogP contribution in [0.2, 0.25) is 0 Å². The number of carboxylic acids is 1. The topological polar surface area (TPSA) is 107 Å². The van der Waals surface area contributed by atoms with E-state index in [0.29, 0.717) is 13.0 Å². The maximum Gasteiger partial charge on any atom is 0.326 e. The molecular weight excluding hydrogens is 272 g/mol. The van der Waals surface area contributed by atoms with E-state index in [1.165, 1.54) is 0 Å². The van der Waals surface area contributed by atoms with Gasteiger partial charge in [0.25, 0.3) is 0 Å². The molecule has 118 valence electrons. The van der Waals surface area contributed by atoms with Crippen LogP contribution in [0.5, 0.6) is 0 Å². The Morgan fingerprint density at radius 1 is 1.43 bits per heavy atom. The van der Waals surface area contributed by atoms with E-state index in [1.54, 1.807) is 6.20 Å². The second-order valence-electron chi connectivity index (χ2n) is 5.54. The fraction of sp³-hybridized carbons (Fsp3) is 0.643. The molecule has 21 heavy (non-hydrogen) atoms. The lowest BCUT2D eigenvalue weighted by Gasteiger charge is -2.16. The summed E-state index contributed by atoms with van der Waals surface area (Å²) in [5.41, 5.74) is 2.16. The summed E-state index contributed by atoms with van der Waals surface area (Å²) in [5, 5.41) is 21.0. The normalized spacial score (nSPS) is 12.2. The SMILES string of the molecule is Cc1[nH]ncc1CCCNC(=O)NC(CC(C)C)C(=O)O. The Bertz CT molecular complexity index is 471. The third-order valence-electron chi connectivity index (χ3n) is 3.15. The van der Waals surface area contributed by atoms with Gasteiger partial charge in [-0.2, -0.15) is 5.10 Å². The molecule has 1 aromatic heterocycles. The van der Waals surface area contributed by atoms with Gasteiger partial charge in [0.15, 0.2) is 0 Å². The van der Waals surface area contributed by atoms with Gasteiger partial charge in [0.05, 0.1) is 6.20 Å². The highest BCUT2D eigenvalue weighted by Gasteiger charge is 2.20. The summed E-state index contributed by atoms with van der Waals surface area (Å²) < 4.78 is 0. The molecule has 0 bridgehead atoms. The molecule has 2 amide bonds. The van der Waals surface area contributed by atoms with Crippen molar-refractivity contribution in [3.63, 3.8) is 0 Å². The lowest BCUT2D eigenvalue weighted by molar-refractivity contribution is -0.139. The van der Waals surface area contributed by atoms with Crippen molar-refractivity contribution in [2.75, 3.05) is 6.54 Å². The molecule has 0 fully saturated rings. The maximum atomic E-state index is 11.7. The van der Waals surface area contributed by atoms with Crippen molar-refractivity contribution in [2.45, 2.75) is 46.1 Å². The van der Waals surface area contributed by atoms with Crippen LogP contribution in [0, 0.1) is 12.8 Å². The van der Waals surface area contributed by atoms with Crippen molar-refractivity contribution < 1.29 is 14.7 Å². The fourth-order valence-corrected chi connectivity index (χ4v) is 2.01. The number of carbonyl (C=O) groups is 2. The Kier molecular flexibility index (Phi) is 6.71. The van der Waals surface area contributed by atoms with E-state index in [1.807, 2.05) is 20.8 Å². The molecule has 0 aliphatic rings. The molecule has 0 aliphatic carbocycles. The summed E-state index contributed by atoms with van der Waals surface area (Å²) in [4.78, 5) is 22.7. The molecule has 0 aliphatic heterocycles. The molecule has 7 nitrogen and oxygen atoms in total. The molecule has 1 atom stereocenters. The zero-order valence-electron chi connectivity index (χ0n) is 12.8. The summed E-state index contributed by atoms with van der Waals surface area (Å²) >= 11 is 0. The molecule has 0 aromatic carbocycles. The smallest absolute Gasteiger partial charge is 0.326 e. The summed E-state index contributed by atoms with van der Waals surface area (Å²) in [6, 6.07) is -1.28. The van der Waals surface area contributed by atoms with Crippen LogP contribution in [-0.4, -0.2) is 39.9 Å². The number of rotatable bonds is 8. The first-order valence-electron chi connectivity index (χ1n) is 7.16. The summed E-state index contributed by atoms with van der Waals surface area (Å²) in [5.74, 6) is -0.802. The average Bonchev–Trinajstić information content (AvgIpc) is 2.79. The van der Waals surface area contributed by atoms with E-state index in [-0.39, 0.29) is 5.92 Å². The Hall–Kier alpha value is -2.05. The van der Waals surface area contributed by atoms with Gasteiger partial charge in [0.1, 0.15) is 6.04 Å². The fourth-order valence-electron chi connectivity index (χ4n) is 2.01. The second kappa shape index (κ2) is 8.28. The number of H-pyrrole nitrogens is 1. The number of aliphatic carboxylic acids is 1. The molecule has 0 saturated carbocycles. The third-order valence-corrected chi connectivity index (χ3v) is 3.15. The minimum atomic E-state index is -1.01. The van der Waals surface area contributed by atoms with Gasteiger partial charge >= 0.3 is 12.0 Å². The molecule has 0 spiro atoms. The molecule has 1 heterocycles. The first-order valence-corrected chi connectivity index (χ1v) is 7.16. The van der Waals surface area contributed by atoms with Crippen LogP contribution >= 0.6 is 0 Å². The van der Waals surface area contributed by atoms with Gasteiger partial charge in [0.2, 0.25) is 0 Å². The lowest BCUT2D eigenvalue weighted by Crippen LogP contribution is -2.46. The van der Waals surface area contributed by atoms with Gasteiger partial charge in [-0.25, -0.2) is 9.59 Å². The first kappa shape index (κ1) is 17.0. The molecule has 1 aromatic rings. The van der Waals surface area contributed by atoms with Gasteiger partial charge in [-0.15, -0.1) is 0 Å². The quantitative estimate of drug-likeness (QED) is 0.545. The maximum absolute atomic E-state index is 11.7. The van der Waals surface area contributed by atoms with Crippen LogP contribution in [0.25, 0.3) is 0 Å². The number of nitrogens with one attached hydrogen (secondary N) is 3. The van der Waals surface area contributed by atoms with E-state index in [2.05, 4.69) is 20.8 Å². The lowest BCUT2D eigenvalue weighted by atomic mass is 10.0. The highest BCUT2D eigenvalue weighted by molar-refractivity contribution is 5.82. The molecule has 1 unspecified atom stereocenters. The van der Waals surface area contributed by atoms with Gasteiger partial charge in [-0.05, 0) is 37.7 Å². The minimum absolute atomic E-state index is 0.204. The number of hydrogen-bond donors (Lipinski definition) is 4. The number of hydrogen-bond acceptors (Lipinski definition) is 3. The molecule has 7 heteroatoms. The minimum Gasteiger partial charge on any atom is -0.480 e. The van der Waals surface area contributed by atoms with E-state index in [4.69, 9.17) is 5.11 Å². The molecule has 0 radical (unpaired) electrons. The van der Waals surface area contributed by atoms with Crippen LogP contribution in [0.4, 0.5) is 4.79 Å². The summed E-state index contributed by atoms with van der Waals surface area (Å²) in [6.07, 6.45) is 3.78. The number of urea groups is 1. The standard InChI is InChI=1S/C14H24N4O3/c1-9(2)7-12(13(19)20)17-14(21)15-6-4-5-11-8-16-18-10(11)3/h8-9,12H,4-7H2,1-3H3,(H,16,18)(H,19,20)(H2,15,17,21). The average molecular weight is 296 g/mol. The number of aryl methyl sites for hydroxylation is 2. The predicted octanol–water partition coefficient (Wildman–Crippen LogP) is 1.45. The van der Waals surface area contributed by atoms with E-state index < -0.39 is 18.0 Å². The Morgan fingerprint density at radius 3 is 2.67 bits per heavy atom. The van der Waals surface area contributed by atoms with Gasteiger partial charge in [0, 0.05) is 12.2 Å². The number of aromatic nitrogens is 2. The number of amides is 2. The number of aromatic amines is 1. The van der Waals surface area contributed by atoms with Crippen molar-refractivity contribution in [2.24, 2.45) is 5.92 Å². The van der Waals surface area contributed by atoms with E-state index >= 15 is 0 Å². The monoisotopic (exact) mass is 296 g/mol. The predicted molar refractivity (Wildman–Crippen MR) is 79.1 cm³/mol. The number of carboxylic acid groups (broad SMARTS) is 1. The van der Waals surface area contributed by atoms with Gasteiger partial charge in [-0.1, -0.05) is 13.8 Å². The van der Waals surface area contributed by atoms with Crippen LogP contribution in [0.1, 0.15) is 37.9 Å². The molecule has 1 rings (SSSR count). The van der Waals surface area contributed by atoms with Crippen molar-refractivity contribution >= 4 is 12.0 Å². The van der Waals surface area contributed by atoms with Crippen molar-refractivity contribution in [1.29, 1.82) is 0 Å². The second-order valence-corrected chi connectivity index (χ2v) is 5.54. The molecule has 4 N–H and O–H groups in total. The zero-order valence-corrected chi connectivity index (χ0v) is 12.8. The van der Waals surface area contributed by atoms with E-state index in [9.17, 15) is 9.59 Å². The summed E-state index contributed by atoms with van der Waals surface area (Å²) in [6.45, 7) is 6.28. The van der Waals surface area contributed by atoms with Crippen molar-refractivity contribution in [3.05, 3.63) is 17.5 Å².